The van der Waals surface area contributed by atoms with E-state index < -0.39 is 0 Å². The van der Waals surface area contributed by atoms with Crippen LogP contribution >= 0.6 is 11.3 Å². The monoisotopic (exact) mass is 387 g/mol. The molecule has 1 fully saturated rings. The summed E-state index contributed by atoms with van der Waals surface area (Å²) in [5, 5.41) is 20.2. The first-order valence-electron chi connectivity index (χ1n) is 8.91. The number of fused-ring (bicyclic) bond motifs is 1. The van der Waals surface area contributed by atoms with Gasteiger partial charge < -0.3 is 14.7 Å². The Morgan fingerprint density at radius 2 is 2.19 bits per heavy atom. The van der Waals surface area contributed by atoms with Crippen LogP contribution in [0.3, 0.4) is 0 Å². The van der Waals surface area contributed by atoms with Crippen LogP contribution in [0.25, 0.3) is 10.9 Å². The minimum Gasteiger partial charge on any atom is -0.395 e. The second kappa shape index (κ2) is 7.71. The lowest BCUT2D eigenvalue weighted by atomic mass is 10.1. The predicted octanol–water partition coefficient (Wildman–Crippen LogP) is 1.73. The Labute approximate surface area is 160 Å². The number of aliphatic hydroxyl groups is 1. The molecule has 0 bridgehead atoms. The van der Waals surface area contributed by atoms with Crippen molar-refractivity contribution in [1.29, 1.82) is 0 Å². The summed E-state index contributed by atoms with van der Waals surface area (Å²) in [4.78, 5) is 19.9. The summed E-state index contributed by atoms with van der Waals surface area (Å²) in [6, 6.07) is 7.26. The molecule has 0 radical (unpaired) electrons. The van der Waals surface area contributed by atoms with Crippen molar-refractivity contribution in [3.8, 4) is 0 Å². The molecule has 1 unspecified atom stereocenters. The summed E-state index contributed by atoms with van der Waals surface area (Å²) in [6.45, 7) is 1.37. The fourth-order valence-corrected chi connectivity index (χ4v) is 4.45. The maximum atomic E-state index is 13.0. The van der Waals surface area contributed by atoms with Crippen LogP contribution < -0.4 is 10.5 Å². The molecular formula is C18H21N5O3S. The highest BCUT2D eigenvalue weighted by Crippen LogP contribution is 2.36. The van der Waals surface area contributed by atoms with Gasteiger partial charge in [0.25, 0.3) is 5.56 Å². The second-order valence-electron chi connectivity index (χ2n) is 6.43. The fraction of sp³-hybridized carbons (Fsp3) is 0.444. The number of aromatic nitrogens is 4. The molecule has 0 saturated carbocycles. The molecule has 1 N–H and O–H groups in total. The van der Waals surface area contributed by atoms with E-state index in [4.69, 9.17) is 9.72 Å². The zero-order chi connectivity index (χ0) is 18.8. The lowest BCUT2D eigenvalue weighted by molar-refractivity contribution is 0.184. The molecule has 0 amide bonds. The van der Waals surface area contributed by atoms with Gasteiger partial charge in [0.15, 0.2) is 0 Å². The van der Waals surface area contributed by atoms with Crippen LogP contribution in [-0.4, -0.2) is 45.1 Å². The molecular weight excluding hydrogens is 366 g/mol. The molecule has 1 aliphatic heterocycles. The molecule has 2 aromatic heterocycles. The van der Waals surface area contributed by atoms with Gasteiger partial charge in [0.05, 0.1) is 30.1 Å². The number of ether oxygens (including phenoxy) is 1. The highest BCUT2D eigenvalue weighted by molar-refractivity contribution is 7.15. The summed E-state index contributed by atoms with van der Waals surface area (Å²) in [7, 11) is 1.63. The van der Waals surface area contributed by atoms with E-state index in [1.165, 1.54) is 11.3 Å². The van der Waals surface area contributed by atoms with Crippen molar-refractivity contribution in [3.05, 3.63) is 45.5 Å². The van der Waals surface area contributed by atoms with E-state index in [1.54, 1.807) is 17.7 Å². The van der Waals surface area contributed by atoms with Crippen LogP contribution in [0, 0.1) is 0 Å². The third kappa shape index (κ3) is 3.33. The molecule has 9 heteroatoms. The Balaban J connectivity index is 1.79. The van der Waals surface area contributed by atoms with E-state index in [0.29, 0.717) is 23.3 Å². The van der Waals surface area contributed by atoms with Gasteiger partial charge in [-0.2, -0.15) is 0 Å². The third-order valence-electron chi connectivity index (χ3n) is 4.74. The van der Waals surface area contributed by atoms with Crippen LogP contribution in [-0.2, 0) is 17.9 Å². The Kier molecular flexibility index (Phi) is 5.15. The topological polar surface area (TPSA) is 93.4 Å². The van der Waals surface area contributed by atoms with Crippen LogP contribution in [0.2, 0.25) is 0 Å². The summed E-state index contributed by atoms with van der Waals surface area (Å²) in [5.74, 6) is 0.675. The number of hydrogen-bond donors (Lipinski definition) is 1. The zero-order valence-electron chi connectivity index (χ0n) is 15.0. The minimum absolute atomic E-state index is 0.0720. The van der Waals surface area contributed by atoms with E-state index >= 15 is 0 Å². The number of rotatable bonds is 6. The van der Waals surface area contributed by atoms with Gasteiger partial charge in [0.1, 0.15) is 17.4 Å². The van der Waals surface area contributed by atoms with Gasteiger partial charge in [-0.15, -0.1) is 10.2 Å². The minimum atomic E-state index is -0.117. The smallest absolute Gasteiger partial charge is 0.261 e. The maximum Gasteiger partial charge on any atom is 0.261 e. The summed E-state index contributed by atoms with van der Waals surface area (Å²) in [6.07, 6.45) is 1.85. The molecule has 3 heterocycles. The average molecular weight is 387 g/mol. The summed E-state index contributed by atoms with van der Waals surface area (Å²) >= 11 is 1.49. The Hall–Kier alpha value is -2.36. The van der Waals surface area contributed by atoms with Crippen molar-refractivity contribution in [2.75, 3.05) is 25.2 Å². The standard InChI is InChI=1S/C18H21N5O3S/c1-26-11-15-20-21-18(27-15)22-8-4-7-14(22)16-19-13-6-3-2-5-12(13)17(25)23(16)9-10-24/h2-3,5-6,14,24H,4,7-11H2,1H3. The highest BCUT2D eigenvalue weighted by Gasteiger charge is 2.32. The Morgan fingerprint density at radius 1 is 1.33 bits per heavy atom. The van der Waals surface area contributed by atoms with Gasteiger partial charge in [-0.3, -0.25) is 9.36 Å². The van der Waals surface area contributed by atoms with Gasteiger partial charge in [-0.05, 0) is 25.0 Å². The number of anilines is 1. The molecule has 1 atom stereocenters. The molecule has 142 valence electrons. The van der Waals surface area contributed by atoms with Crippen LogP contribution in [0.4, 0.5) is 5.13 Å². The molecule has 1 aromatic carbocycles. The van der Waals surface area contributed by atoms with Gasteiger partial charge in [0, 0.05) is 13.7 Å². The van der Waals surface area contributed by atoms with E-state index in [0.717, 1.165) is 29.5 Å². The van der Waals surface area contributed by atoms with Crippen molar-refractivity contribution in [3.63, 3.8) is 0 Å². The van der Waals surface area contributed by atoms with Crippen LogP contribution in [0.15, 0.2) is 29.1 Å². The quantitative estimate of drug-likeness (QED) is 0.688. The first-order valence-corrected chi connectivity index (χ1v) is 9.73. The van der Waals surface area contributed by atoms with Gasteiger partial charge in [0.2, 0.25) is 5.13 Å². The number of para-hydroxylation sites is 1. The molecule has 0 spiro atoms. The maximum absolute atomic E-state index is 13.0. The van der Waals surface area contributed by atoms with E-state index in [1.807, 2.05) is 18.2 Å². The zero-order valence-corrected chi connectivity index (χ0v) is 15.9. The first kappa shape index (κ1) is 18.0. The van der Waals surface area contributed by atoms with Crippen LogP contribution in [0.5, 0.6) is 0 Å². The number of nitrogens with zero attached hydrogens (tertiary/aromatic N) is 5. The Morgan fingerprint density at radius 3 is 3.00 bits per heavy atom. The molecule has 3 aromatic rings. The van der Waals surface area contributed by atoms with Gasteiger partial charge in [-0.1, -0.05) is 23.5 Å². The lowest BCUT2D eigenvalue weighted by Gasteiger charge is -2.25. The largest absolute Gasteiger partial charge is 0.395 e. The van der Waals surface area contributed by atoms with E-state index in [9.17, 15) is 9.90 Å². The molecule has 27 heavy (non-hydrogen) atoms. The average Bonchev–Trinajstić information content (AvgIpc) is 3.33. The van der Waals surface area contributed by atoms with Crippen molar-refractivity contribution in [2.45, 2.75) is 32.0 Å². The first-order chi connectivity index (χ1) is 13.2. The number of hydrogen-bond acceptors (Lipinski definition) is 8. The summed E-state index contributed by atoms with van der Waals surface area (Å²) < 4.78 is 6.73. The van der Waals surface area contributed by atoms with Crippen molar-refractivity contribution < 1.29 is 9.84 Å². The molecule has 8 nitrogen and oxygen atoms in total. The van der Waals surface area contributed by atoms with Crippen molar-refractivity contribution >= 4 is 27.4 Å². The normalized spacial score (nSPS) is 17.1. The van der Waals surface area contributed by atoms with Crippen molar-refractivity contribution in [1.82, 2.24) is 19.7 Å². The summed E-state index contributed by atoms with van der Waals surface area (Å²) in [5.41, 5.74) is 0.560. The molecule has 1 saturated heterocycles. The third-order valence-corrected chi connectivity index (χ3v) is 5.67. The molecule has 4 rings (SSSR count). The highest BCUT2D eigenvalue weighted by atomic mass is 32.1. The van der Waals surface area contributed by atoms with E-state index in [-0.39, 0.29) is 24.8 Å². The SMILES string of the molecule is COCc1nnc(N2CCCC2c2nc3ccccc3c(=O)n2CCO)s1. The predicted molar refractivity (Wildman–Crippen MR) is 103 cm³/mol. The van der Waals surface area contributed by atoms with Gasteiger partial charge >= 0.3 is 0 Å². The van der Waals surface area contributed by atoms with Crippen molar-refractivity contribution in [2.24, 2.45) is 0 Å². The lowest BCUT2D eigenvalue weighted by Crippen LogP contribution is -2.33. The number of benzene rings is 1. The van der Waals surface area contributed by atoms with E-state index in [2.05, 4.69) is 15.1 Å². The molecule has 1 aliphatic rings. The molecule has 0 aliphatic carbocycles. The van der Waals surface area contributed by atoms with Crippen LogP contribution in [0.1, 0.15) is 29.7 Å². The number of methoxy groups -OCH3 is 1. The second-order valence-corrected chi connectivity index (χ2v) is 7.47. The number of aliphatic hydroxyl groups excluding tert-OH is 1. The Bertz CT molecular complexity index is 1000. The van der Waals surface area contributed by atoms with Gasteiger partial charge in [-0.25, -0.2) is 4.98 Å². The fourth-order valence-electron chi connectivity index (χ4n) is 3.56.